The maximum atomic E-state index is 12.1. The van der Waals surface area contributed by atoms with Crippen LogP contribution in [-0.2, 0) is 17.8 Å². The minimum Gasteiger partial charge on any atom is -0.481 e. The molecule has 32 heavy (non-hydrogen) atoms. The van der Waals surface area contributed by atoms with E-state index in [-0.39, 0.29) is 24.8 Å². The Morgan fingerprint density at radius 3 is 2.66 bits per heavy atom. The Labute approximate surface area is 188 Å². The summed E-state index contributed by atoms with van der Waals surface area (Å²) in [5.41, 5.74) is 10.4. The first-order valence-electron chi connectivity index (χ1n) is 11.1. The molecule has 2 heterocycles. The Bertz CT molecular complexity index is 1040. The van der Waals surface area contributed by atoms with Gasteiger partial charge >= 0.3 is 6.09 Å². The van der Waals surface area contributed by atoms with E-state index in [1.54, 1.807) is 13.3 Å². The number of aromatic nitrogens is 2. The molecule has 1 atom stereocenters. The molecule has 1 saturated carbocycles. The van der Waals surface area contributed by atoms with Crippen molar-refractivity contribution < 1.29 is 14.3 Å². The number of alkyl carbamates (subject to hydrolysis) is 1. The van der Waals surface area contributed by atoms with Gasteiger partial charge in [0.25, 0.3) is 0 Å². The lowest BCUT2D eigenvalue weighted by atomic mass is 9.80. The van der Waals surface area contributed by atoms with E-state index in [9.17, 15) is 4.79 Å². The number of methoxy groups -OCH3 is 1. The lowest BCUT2D eigenvalue weighted by Gasteiger charge is -2.32. The molecule has 1 fully saturated rings. The van der Waals surface area contributed by atoms with Crippen LogP contribution in [0.25, 0.3) is 11.0 Å². The fourth-order valence-electron chi connectivity index (χ4n) is 4.38. The molecule has 0 aliphatic heterocycles. The summed E-state index contributed by atoms with van der Waals surface area (Å²) < 4.78 is 10.6. The highest BCUT2D eigenvalue weighted by atomic mass is 16.5. The maximum absolute atomic E-state index is 12.1. The Hall–Kier alpha value is -3.19. The Morgan fingerprint density at radius 2 is 1.91 bits per heavy atom. The van der Waals surface area contributed by atoms with Crippen LogP contribution in [0.4, 0.5) is 4.79 Å². The van der Waals surface area contributed by atoms with Crippen molar-refractivity contribution in [2.24, 2.45) is 11.7 Å². The molecule has 1 aliphatic rings. The third-order valence-electron chi connectivity index (χ3n) is 6.22. The summed E-state index contributed by atoms with van der Waals surface area (Å²) in [4.78, 5) is 21.1. The summed E-state index contributed by atoms with van der Waals surface area (Å²) in [7, 11) is 1.61. The highest BCUT2D eigenvalue weighted by Crippen LogP contribution is 2.29. The van der Waals surface area contributed by atoms with E-state index in [1.165, 1.54) is 0 Å². The van der Waals surface area contributed by atoms with Gasteiger partial charge in [-0.3, -0.25) is 4.98 Å². The molecule has 4 rings (SSSR count). The molecule has 0 saturated heterocycles. The molecule has 1 unspecified atom stereocenters. The number of carbonyl (C=O) groups excluding carboxylic acids is 1. The summed E-state index contributed by atoms with van der Waals surface area (Å²) in [6, 6.07) is 15.6. The van der Waals surface area contributed by atoms with Crippen LogP contribution in [0.15, 0.2) is 54.7 Å². The quantitative estimate of drug-likeness (QED) is 0.583. The molecule has 3 aromatic rings. The van der Waals surface area contributed by atoms with Crippen LogP contribution in [-0.4, -0.2) is 35.3 Å². The van der Waals surface area contributed by atoms with Gasteiger partial charge in [0.1, 0.15) is 6.61 Å². The van der Waals surface area contributed by atoms with Gasteiger partial charge in [0.15, 0.2) is 0 Å². The maximum Gasteiger partial charge on any atom is 0.407 e. The molecule has 0 bridgehead atoms. The minimum absolute atomic E-state index is 0.0274. The van der Waals surface area contributed by atoms with Crippen molar-refractivity contribution in [2.75, 3.05) is 7.11 Å². The average Bonchev–Trinajstić information content (AvgIpc) is 2.84. The van der Waals surface area contributed by atoms with E-state index in [1.807, 2.05) is 48.5 Å². The van der Waals surface area contributed by atoms with Gasteiger partial charge in [-0.05, 0) is 61.3 Å². The largest absolute Gasteiger partial charge is 0.481 e. The van der Waals surface area contributed by atoms with Crippen molar-refractivity contribution in [1.29, 1.82) is 0 Å². The van der Waals surface area contributed by atoms with Crippen LogP contribution < -0.4 is 15.8 Å². The predicted molar refractivity (Wildman–Crippen MR) is 123 cm³/mol. The van der Waals surface area contributed by atoms with Crippen LogP contribution in [0.1, 0.15) is 36.8 Å². The normalized spacial score (nSPS) is 19.3. The van der Waals surface area contributed by atoms with Crippen molar-refractivity contribution in [1.82, 2.24) is 15.3 Å². The van der Waals surface area contributed by atoms with Crippen molar-refractivity contribution in [2.45, 2.75) is 50.8 Å². The monoisotopic (exact) mass is 434 g/mol. The Kier molecular flexibility index (Phi) is 7.17. The van der Waals surface area contributed by atoms with Gasteiger partial charge in [-0.1, -0.05) is 30.3 Å². The first-order valence-corrected chi connectivity index (χ1v) is 11.1. The molecule has 3 N–H and O–H groups in total. The summed E-state index contributed by atoms with van der Waals surface area (Å²) in [5.74, 6) is 0.980. The second kappa shape index (κ2) is 10.4. The van der Waals surface area contributed by atoms with Crippen molar-refractivity contribution in [3.63, 3.8) is 0 Å². The zero-order valence-corrected chi connectivity index (χ0v) is 18.4. The van der Waals surface area contributed by atoms with E-state index >= 15 is 0 Å². The molecule has 2 aromatic heterocycles. The van der Waals surface area contributed by atoms with Crippen molar-refractivity contribution in [3.8, 4) is 5.88 Å². The number of nitrogens with two attached hydrogens (primary N) is 1. The van der Waals surface area contributed by atoms with Crippen LogP contribution in [0, 0.1) is 5.92 Å². The number of benzene rings is 1. The summed E-state index contributed by atoms with van der Waals surface area (Å²) in [6.07, 6.45) is 5.95. The lowest BCUT2D eigenvalue weighted by Crippen LogP contribution is -2.42. The second-order valence-corrected chi connectivity index (χ2v) is 8.38. The number of amides is 1. The van der Waals surface area contributed by atoms with Gasteiger partial charge in [-0.25, -0.2) is 9.78 Å². The topological polar surface area (TPSA) is 99.4 Å². The van der Waals surface area contributed by atoms with Gasteiger partial charge in [0, 0.05) is 24.3 Å². The van der Waals surface area contributed by atoms with E-state index in [0.717, 1.165) is 54.3 Å². The molecule has 1 amide bonds. The van der Waals surface area contributed by atoms with Gasteiger partial charge in [0.2, 0.25) is 5.88 Å². The van der Waals surface area contributed by atoms with E-state index in [4.69, 9.17) is 15.2 Å². The lowest BCUT2D eigenvalue weighted by molar-refractivity contribution is 0.130. The van der Waals surface area contributed by atoms with Crippen LogP contribution in [0.5, 0.6) is 5.88 Å². The Morgan fingerprint density at radius 1 is 1.12 bits per heavy atom. The van der Waals surface area contributed by atoms with E-state index in [0.29, 0.717) is 11.8 Å². The zero-order chi connectivity index (χ0) is 22.3. The highest BCUT2D eigenvalue weighted by Gasteiger charge is 2.27. The number of hydrogen-bond donors (Lipinski definition) is 2. The van der Waals surface area contributed by atoms with Crippen LogP contribution >= 0.6 is 0 Å². The number of ether oxygens (including phenoxy) is 2. The van der Waals surface area contributed by atoms with Crippen molar-refractivity contribution >= 4 is 17.1 Å². The molecule has 7 heteroatoms. The first-order chi connectivity index (χ1) is 15.6. The fraction of sp³-hybridized carbons (Fsp3) is 0.400. The number of rotatable bonds is 7. The fourth-order valence-corrected chi connectivity index (χ4v) is 4.38. The zero-order valence-electron chi connectivity index (χ0n) is 18.4. The van der Waals surface area contributed by atoms with E-state index in [2.05, 4.69) is 15.3 Å². The van der Waals surface area contributed by atoms with Crippen LogP contribution in [0.2, 0.25) is 0 Å². The Balaban J connectivity index is 1.27. The molecular weight excluding hydrogens is 404 g/mol. The second-order valence-electron chi connectivity index (χ2n) is 8.38. The standard InChI is InChI=1S/C25H30N4O3/c1-31-23-12-11-22-24(29-23)19(13-14-27-22)15-21(26)18-7-9-20(10-8-18)28-25(30)32-16-17-5-3-2-4-6-17/h2-6,11-14,18,20-21H,7-10,15-16,26H2,1H3,(H,28,30). The average molecular weight is 435 g/mol. The highest BCUT2D eigenvalue weighted by molar-refractivity contribution is 5.78. The number of nitrogens with zero attached hydrogens (tertiary/aromatic N) is 2. The number of pyridine rings is 2. The predicted octanol–water partition coefficient (Wildman–Crippen LogP) is 3.99. The van der Waals surface area contributed by atoms with Crippen molar-refractivity contribution in [3.05, 3.63) is 65.9 Å². The molecule has 168 valence electrons. The SMILES string of the molecule is COc1ccc2nccc(CC(N)C3CCC(NC(=O)OCc4ccccc4)CC3)c2n1. The first kappa shape index (κ1) is 22.0. The molecular formula is C25H30N4O3. The molecule has 7 nitrogen and oxygen atoms in total. The van der Waals surface area contributed by atoms with Crippen LogP contribution in [0.3, 0.4) is 0 Å². The van der Waals surface area contributed by atoms with E-state index < -0.39 is 0 Å². The van der Waals surface area contributed by atoms with Gasteiger partial charge in [-0.15, -0.1) is 0 Å². The number of nitrogens with one attached hydrogen (secondary N) is 1. The smallest absolute Gasteiger partial charge is 0.407 e. The molecule has 1 aliphatic carbocycles. The minimum atomic E-state index is -0.357. The number of hydrogen-bond acceptors (Lipinski definition) is 6. The molecule has 0 spiro atoms. The molecule has 1 aromatic carbocycles. The van der Waals surface area contributed by atoms with Gasteiger partial charge < -0.3 is 20.5 Å². The number of carbonyl (C=O) groups is 1. The third kappa shape index (κ3) is 5.53. The summed E-state index contributed by atoms with van der Waals surface area (Å²) in [6.45, 7) is 0.283. The third-order valence-corrected chi connectivity index (χ3v) is 6.22. The number of fused-ring (bicyclic) bond motifs is 1. The van der Waals surface area contributed by atoms with Gasteiger partial charge in [-0.2, -0.15) is 0 Å². The molecule has 0 radical (unpaired) electrons. The van der Waals surface area contributed by atoms with Gasteiger partial charge in [0.05, 0.1) is 18.1 Å². The summed E-state index contributed by atoms with van der Waals surface area (Å²) >= 11 is 0. The summed E-state index contributed by atoms with van der Waals surface area (Å²) in [5, 5.41) is 3.00.